The van der Waals surface area contributed by atoms with Crippen LogP contribution in [0.15, 0.2) is 59.6 Å². The van der Waals surface area contributed by atoms with Gasteiger partial charge in [-0.25, -0.2) is 23.4 Å². The van der Waals surface area contributed by atoms with Gasteiger partial charge in [-0.1, -0.05) is 24.3 Å². The molecule has 0 fully saturated rings. The van der Waals surface area contributed by atoms with E-state index >= 15 is 0 Å². The van der Waals surface area contributed by atoms with E-state index in [4.69, 9.17) is 14.2 Å². The minimum absolute atomic E-state index is 0.0457. The number of para-hydroxylation sites is 1. The van der Waals surface area contributed by atoms with Gasteiger partial charge in [-0.15, -0.1) is 0 Å². The molecule has 0 aliphatic heterocycles. The molecule has 11 heteroatoms. The molecule has 10 nitrogen and oxygen atoms in total. The number of benzene rings is 2. The first kappa shape index (κ1) is 22.5. The van der Waals surface area contributed by atoms with Gasteiger partial charge in [0.05, 0.1) is 25.3 Å². The number of hydrogen-bond acceptors (Lipinski definition) is 8. The van der Waals surface area contributed by atoms with Gasteiger partial charge < -0.3 is 14.2 Å². The molecule has 1 N–H and O–H groups in total. The van der Waals surface area contributed by atoms with Crippen LogP contribution in [0.1, 0.15) is 12.7 Å². The van der Waals surface area contributed by atoms with Crippen LogP contribution < -0.4 is 14.2 Å². The zero-order valence-electron chi connectivity index (χ0n) is 18.3. The second kappa shape index (κ2) is 9.43. The first-order valence-electron chi connectivity index (χ1n) is 10.1. The highest BCUT2D eigenvalue weighted by molar-refractivity contribution is 7.92. The minimum atomic E-state index is -3.85. The molecule has 0 atom stereocenters. The van der Waals surface area contributed by atoms with Crippen molar-refractivity contribution >= 4 is 27.1 Å². The first-order chi connectivity index (χ1) is 16.0. The van der Waals surface area contributed by atoms with E-state index in [1.165, 1.54) is 18.3 Å². The molecule has 0 aliphatic rings. The van der Waals surface area contributed by atoms with Crippen molar-refractivity contribution in [3.05, 3.63) is 60.6 Å². The van der Waals surface area contributed by atoms with Gasteiger partial charge in [-0.05, 0) is 31.2 Å². The highest BCUT2D eigenvalue weighted by Gasteiger charge is 2.23. The molecule has 2 heterocycles. The van der Waals surface area contributed by atoms with E-state index in [2.05, 4.69) is 19.7 Å². The second-order valence-electron chi connectivity index (χ2n) is 6.83. The molecule has 2 aromatic heterocycles. The lowest BCUT2D eigenvalue weighted by Gasteiger charge is -2.16. The van der Waals surface area contributed by atoms with Gasteiger partial charge in [0.1, 0.15) is 29.6 Å². The van der Waals surface area contributed by atoms with Crippen LogP contribution in [0.3, 0.4) is 0 Å². The molecule has 0 spiro atoms. The molecule has 33 heavy (non-hydrogen) atoms. The number of nitrogens with one attached hydrogen (secondary N) is 1. The Labute approximate surface area is 191 Å². The van der Waals surface area contributed by atoms with E-state index in [1.807, 2.05) is 6.92 Å². The SMILES string of the molecule is CCOCc1nc2ncc(NS(=O)(=O)c3ccccc3)nc2n1-c1c(OC)cccc1OC. The standard InChI is InChI=1S/C22H23N5O5S/c1-4-32-14-19-25-21-22(27(19)20-16(30-2)11-8-12-17(20)31-3)24-18(13-23-21)26-33(28,29)15-9-6-5-7-10-15/h5-13H,4,14H2,1-3H3,(H,24,26). The Morgan fingerprint density at radius 2 is 1.67 bits per heavy atom. The van der Waals surface area contributed by atoms with Crippen LogP contribution in [0, 0.1) is 0 Å². The fraction of sp³-hybridized carbons (Fsp3) is 0.227. The molecule has 0 radical (unpaired) electrons. The average molecular weight is 470 g/mol. The highest BCUT2D eigenvalue weighted by atomic mass is 32.2. The zero-order chi connectivity index (χ0) is 23.4. The van der Waals surface area contributed by atoms with Crippen molar-refractivity contribution in [2.24, 2.45) is 0 Å². The lowest BCUT2D eigenvalue weighted by Crippen LogP contribution is -2.14. The van der Waals surface area contributed by atoms with Crippen LogP contribution in [0.5, 0.6) is 11.5 Å². The molecule has 2 aromatic carbocycles. The smallest absolute Gasteiger partial charge is 0.263 e. The summed E-state index contributed by atoms with van der Waals surface area (Å²) in [5, 5.41) is 0. The predicted molar refractivity (Wildman–Crippen MR) is 122 cm³/mol. The Balaban J connectivity index is 1.89. The maximum absolute atomic E-state index is 12.8. The summed E-state index contributed by atoms with van der Waals surface area (Å²) in [7, 11) is -0.756. The molecule has 0 saturated heterocycles. The van der Waals surface area contributed by atoms with Crippen molar-refractivity contribution in [2.75, 3.05) is 25.5 Å². The fourth-order valence-electron chi connectivity index (χ4n) is 3.32. The topological polar surface area (TPSA) is 117 Å². The minimum Gasteiger partial charge on any atom is -0.494 e. The molecular formula is C22H23N5O5S. The lowest BCUT2D eigenvalue weighted by molar-refractivity contribution is 0.127. The summed E-state index contributed by atoms with van der Waals surface area (Å²) in [5.74, 6) is 1.59. The van der Waals surface area contributed by atoms with E-state index in [-0.39, 0.29) is 17.3 Å². The van der Waals surface area contributed by atoms with Gasteiger partial charge in [0, 0.05) is 6.61 Å². The van der Waals surface area contributed by atoms with Crippen LogP contribution in [0.25, 0.3) is 17.0 Å². The molecule has 4 rings (SSSR count). The van der Waals surface area contributed by atoms with Crippen molar-refractivity contribution in [1.29, 1.82) is 0 Å². The largest absolute Gasteiger partial charge is 0.494 e. The highest BCUT2D eigenvalue weighted by Crippen LogP contribution is 2.35. The molecule has 0 bridgehead atoms. The summed E-state index contributed by atoms with van der Waals surface area (Å²) in [6.07, 6.45) is 1.32. The van der Waals surface area contributed by atoms with Gasteiger partial charge in [0.25, 0.3) is 10.0 Å². The van der Waals surface area contributed by atoms with Crippen molar-refractivity contribution in [1.82, 2.24) is 19.5 Å². The Morgan fingerprint density at radius 3 is 2.30 bits per heavy atom. The quantitative estimate of drug-likeness (QED) is 0.397. The third-order valence-electron chi connectivity index (χ3n) is 4.79. The van der Waals surface area contributed by atoms with Crippen molar-refractivity contribution in [3.8, 4) is 17.2 Å². The monoisotopic (exact) mass is 469 g/mol. The molecule has 4 aromatic rings. The average Bonchev–Trinajstić information content (AvgIpc) is 3.19. The third-order valence-corrected chi connectivity index (χ3v) is 6.16. The fourth-order valence-corrected chi connectivity index (χ4v) is 4.33. The van der Waals surface area contributed by atoms with Gasteiger partial charge in [-0.3, -0.25) is 9.29 Å². The first-order valence-corrected chi connectivity index (χ1v) is 11.6. The number of hydrogen-bond donors (Lipinski definition) is 1. The van der Waals surface area contributed by atoms with E-state index in [0.29, 0.717) is 40.9 Å². The maximum atomic E-state index is 12.8. The van der Waals surface area contributed by atoms with Gasteiger partial charge >= 0.3 is 0 Å². The van der Waals surface area contributed by atoms with E-state index < -0.39 is 10.0 Å². The summed E-state index contributed by atoms with van der Waals surface area (Å²) in [4.78, 5) is 13.5. The molecule has 172 valence electrons. The van der Waals surface area contributed by atoms with E-state index in [9.17, 15) is 8.42 Å². The number of methoxy groups -OCH3 is 2. The summed E-state index contributed by atoms with van der Waals surface area (Å²) in [6.45, 7) is 2.54. The van der Waals surface area contributed by atoms with Crippen molar-refractivity contribution < 1.29 is 22.6 Å². The van der Waals surface area contributed by atoms with Crippen LogP contribution in [0.4, 0.5) is 5.82 Å². The number of ether oxygens (including phenoxy) is 3. The van der Waals surface area contributed by atoms with Crippen molar-refractivity contribution in [2.45, 2.75) is 18.4 Å². The van der Waals surface area contributed by atoms with Crippen molar-refractivity contribution in [3.63, 3.8) is 0 Å². The summed E-state index contributed by atoms with van der Waals surface area (Å²) in [6, 6.07) is 13.4. The van der Waals surface area contributed by atoms with Crippen LogP contribution in [0.2, 0.25) is 0 Å². The van der Waals surface area contributed by atoms with E-state index in [0.717, 1.165) is 0 Å². The summed E-state index contributed by atoms with van der Waals surface area (Å²) >= 11 is 0. The Kier molecular flexibility index (Phi) is 6.43. The van der Waals surface area contributed by atoms with Gasteiger partial charge in [0.15, 0.2) is 17.1 Å². The van der Waals surface area contributed by atoms with Crippen LogP contribution >= 0.6 is 0 Å². The van der Waals surface area contributed by atoms with Crippen LogP contribution in [-0.4, -0.2) is 48.8 Å². The molecule has 0 aliphatic carbocycles. The van der Waals surface area contributed by atoms with Crippen LogP contribution in [-0.2, 0) is 21.4 Å². The predicted octanol–water partition coefficient (Wildman–Crippen LogP) is 3.17. The molecule has 0 amide bonds. The lowest BCUT2D eigenvalue weighted by atomic mass is 10.2. The number of nitrogens with zero attached hydrogens (tertiary/aromatic N) is 4. The second-order valence-corrected chi connectivity index (χ2v) is 8.52. The summed E-state index contributed by atoms with van der Waals surface area (Å²) < 4.78 is 46.5. The number of rotatable bonds is 9. The Hall–Kier alpha value is -3.70. The summed E-state index contributed by atoms with van der Waals surface area (Å²) in [5.41, 5.74) is 1.19. The normalized spacial score (nSPS) is 11.5. The van der Waals surface area contributed by atoms with Gasteiger partial charge in [0.2, 0.25) is 0 Å². The van der Waals surface area contributed by atoms with E-state index in [1.54, 1.807) is 55.2 Å². The number of anilines is 1. The molecule has 0 saturated carbocycles. The zero-order valence-corrected chi connectivity index (χ0v) is 19.2. The number of sulfonamides is 1. The Bertz CT molecular complexity index is 1350. The Morgan fingerprint density at radius 1 is 0.970 bits per heavy atom. The van der Waals surface area contributed by atoms with Gasteiger partial charge in [-0.2, -0.15) is 0 Å². The molecular weight excluding hydrogens is 446 g/mol. The number of aromatic nitrogens is 4. The maximum Gasteiger partial charge on any atom is 0.263 e. The third kappa shape index (κ3) is 4.45. The number of imidazole rings is 1. The number of fused-ring (bicyclic) bond motifs is 1. The molecule has 0 unspecified atom stereocenters.